The number of nitrogens with two attached hydrogens (primary N) is 1. The van der Waals surface area contributed by atoms with Crippen LogP contribution in [0.4, 0.5) is 5.69 Å². The van der Waals surface area contributed by atoms with Crippen molar-refractivity contribution in [2.24, 2.45) is 10.7 Å². The fourth-order valence-electron chi connectivity index (χ4n) is 2.07. The van der Waals surface area contributed by atoms with Crippen molar-refractivity contribution in [3.05, 3.63) is 29.8 Å². The summed E-state index contributed by atoms with van der Waals surface area (Å²) in [7, 11) is 1.65. The fraction of sp³-hybridized carbons (Fsp3) is 0.500. The monoisotopic (exact) mass is 432 g/mol. The number of hydrogen-bond acceptors (Lipinski definition) is 3. The summed E-state index contributed by atoms with van der Waals surface area (Å²) in [5, 5.41) is 6.03. The molecule has 4 N–H and O–H groups in total. The predicted molar refractivity (Wildman–Crippen MR) is 103 cm³/mol. The van der Waals surface area contributed by atoms with Gasteiger partial charge >= 0.3 is 0 Å². The molecule has 1 aromatic carbocycles. The van der Waals surface area contributed by atoms with Crippen LogP contribution < -0.4 is 16.4 Å². The Morgan fingerprint density at radius 2 is 2.13 bits per heavy atom. The van der Waals surface area contributed by atoms with Gasteiger partial charge < -0.3 is 21.1 Å². The number of aliphatic imine (C=N–C) groups is 1. The molecule has 0 bridgehead atoms. The van der Waals surface area contributed by atoms with Crippen molar-refractivity contribution >= 4 is 41.5 Å². The van der Waals surface area contributed by atoms with Gasteiger partial charge in [-0.3, -0.25) is 9.79 Å². The number of benzene rings is 1. The maximum absolute atomic E-state index is 11.5. The molecule has 1 aromatic rings. The number of nitrogens with one attached hydrogen (secondary N) is 2. The molecule has 1 aliphatic rings. The Morgan fingerprint density at radius 3 is 2.83 bits per heavy atom. The SMILES string of the molecule is COCc1ccccc1NC(N)=NCCCC(=O)NC1CC1.I. The van der Waals surface area contributed by atoms with Gasteiger partial charge in [0, 0.05) is 37.4 Å². The Hall–Kier alpha value is -1.35. The highest BCUT2D eigenvalue weighted by molar-refractivity contribution is 14.0. The van der Waals surface area contributed by atoms with Crippen LogP contribution in [0.5, 0.6) is 0 Å². The highest BCUT2D eigenvalue weighted by Gasteiger charge is 2.22. The molecule has 7 heteroatoms. The van der Waals surface area contributed by atoms with Crippen molar-refractivity contribution in [2.45, 2.75) is 38.3 Å². The summed E-state index contributed by atoms with van der Waals surface area (Å²) in [6.45, 7) is 1.04. The number of para-hydroxylation sites is 1. The minimum absolute atomic E-state index is 0. The average Bonchev–Trinajstić information content (AvgIpc) is 3.30. The molecule has 1 saturated carbocycles. The van der Waals surface area contributed by atoms with E-state index >= 15 is 0 Å². The van der Waals surface area contributed by atoms with Crippen LogP contribution in [0, 0.1) is 0 Å². The Bertz CT molecular complexity index is 533. The predicted octanol–water partition coefficient (Wildman–Crippen LogP) is 2.24. The molecule has 0 radical (unpaired) electrons. The van der Waals surface area contributed by atoms with Crippen LogP contribution in [-0.4, -0.2) is 31.6 Å². The third-order valence-electron chi connectivity index (χ3n) is 3.37. The number of guanidine groups is 1. The number of hydrogen-bond donors (Lipinski definition) is 3. The lowest BCUT2D eigenvalue weighted by Crippen LogP contribution is -2.26. The summed E-state index contributed by atoms with van der Waals surface area (Å²) in [6, 6.07) is 8.20. The zero-order chi connectivity index (χ0) is 15.8. The van der Waals surface area contributed by atoms with Gasteiger partial charge in [-0.15, -0.1) is 24.0 Å². The number of anilines is 1. The number of methoxy groups -OCH3 is 1. The van der Waals surface area contributed by atoms with Crippen molar-refractivity contribution in [3.8, 4) is 0 Å². The first-order valence-corrected chi connectivity index (χ1v) is 7.62. The summed E-state index contributed by atoms with van der Waals surface area (Å²) in [6.07, 6.45) is 3.41. The molecular weight excluding hydrogens is 407 g/mol. The molecule has 1 aliphatic carbocycles. The van der Waals surface area contributed by atoms with Gasteiger partial charge in [0.05, 0.1) is 6.61 Å². The van der Waals surface area contributed by atoms with Crippen molar-refractivity contribution < 1.29 is 9.53 Å². The molecule has 1 amide bonds. The maximum atomic E-state index is 11.5. The van der Waals surface area contributed by atoms with E-state index in [1.165, 1.54) is 0 Å². The molecule has 0 atom stereocenters. The molecule has 128 valence electrons. The lowest BCUT2D eigenvalue weighted by Gasteiger charge is -2.10. The number of amides is 1. The Kier molecular flexibility index (Phi) is 8.93. The highest BCUT2D eigenvalue weighted by atomic mass is 127. The standard InChI is InChI=1S/C16H24N4O2.HI/c1-22-11-12-5-2-3-6-14(12)20-16(17)18-10-4-7-15(21)19-13-8-9-13;/h2-3,5-6,13H,4,7-11H2,1H3,(H,19,21)(H3,17,18,20);1H. The molecule has 2 rings (SSSR count). The quantitative estimate of drug-likeness (QED) is 0.255. The molecular formula is C16H25IN4O2. The van der Waals surface area contributed by atoms with Crippen molar-refractivity contribution in [1.29, 1.82) is 0 Å². The summed E-state index contributed by atoms with van der Waals surface area (Å²) < 4.78 is 5.15. The smallest absolute Gasteiger partial charge is 0.220 e. The number of rotatable bonds is 8. The second kappa shape index (κ2) is 10.4. The van der Waals surface area contributed by atoms with E-state index in [1.807, 2.05) is 24.3 Å². The summed E-state index contributed by atoms with van der Waals surface area (Å²) in [4.78, 5) is 15.8. The second-order valence-corrected chi connectivity index (χ2v) is 5.43. The number of carbonyl (C=O) groups excluding carboxylic acids is 1. The summed E-state index contributed by atoms with van der Waals surface area (Å²) in [5.74, 6) is 0.459. The Balaban J connectivity index is 0.00000264. The van der Waals surface area contributed by atoms with Crippen LogP contribution in [-0.2, 0) is 16.1 Å². The molecule has 0 saturated heterocycles. The van der Waals surface area contributed by atoms with Crippen LogP contribution in [0.15, 0.2) is 29.3 Å². The topological polar surface area (TPSA) is 88.7 Å². The third-order valence-corrected chi connectivity index (χ3v) is 3.37. The summed E-state index contributed by atoms with van der Waals surface area (Å²) in [5.41, 5.74) is 7.78. The third kappa shape index (κ3) is 7.65. The second-order valence-electron chi connectivity index (χ2n) is 5.43. The summed E-state index contributed by atoms with van der Waals surface area (Å²) >= 11 is 0. The van der Waals surface area contributed by atoms with Crippen LogP contribution in [0.3, 0.4) is 0 Å². The number of halogens is 1. The van der Waals surface area contributed by atoms with E-state index in [0.717, 1.165) is 24.1 Å². The van der Waals surface area contributed by atoms with E-state index in [9.17, 15) is 4.79 Å². The molecule has 0 aliphatic heterocycles. The van der Waals surface area contributed by atoms with E-state index in [1.54, 1.807) is 7.11 Å². The van der Waals surface area contributed by atoms with Gasteiger partial charge in [0.2, 0.25) is 5.91 Å². The van der Waals surface area contributed by atoms with Crippen LogP contribution >= 0.6 is 24.0 Å². The molecule has 0 heterocycles. The number of nitrogens with zero attached hydrogens (tertiary/aromatic N) is 1. The Labute approximate surface area is 154 Å². The zero-order valence-electron chi connectivity index (χ0n) is 13.4. The van der Waals surface area contributed by atoms with Crippen molar-refractivity contribution in [2.75, 3.05) is 19.0 Å². The van der Waals surface area contributed by atoms with Gasteiger partial charge in [0.15, 0.2) is 5.96 Å². The first kappa shape index (κ1) is 19.7. The van der Waals surface area contributed by atoms with E-state index in [-0.39, 0.29) is 29.9 Å². The zero-order valence-corrected chi connectivity index (χ0v) is 15.7. The normalized spacial score (nSPS) is 14.0. The molecule has 0 aromatic heterocycles. The molecule has 6 nitrogen and oxygen atoms in total. The molecule has 0 unspecified atom stereocenters. The first-order chi connectivity index (χ1) is 10.7. The van der Waals surface area contributed by atoms with Crippen LogP contribution in [0.1, 0.15) is 31.2 Å². The van der Waals surface area contributed by atoms with Gasteiger partial charge in [-0.05, 0) is 25.3 Å². The van der Waals surface area contributed by atoms with Gasteiger partial charge in [-0.2, -0.15) is 0 Å². The largest absolute Gasteiger partial charge is 0.380 e. The number of ether oxygens (including phenoxy) is 1. The van der Waals surface area contributed by atoms with Crippen molar-refractivity contribution in [3.63, 3.8) is 0 Å². The Morgan fingerprint density at radius 1 is 1.39 bits per heavy atom. The lowest BCUT2D eigenvalue weighted by atomic mass is 10.2. The minimum Gasteiger partial charge on any atom is -0.380 e. The van der Waals surface area contributed by atoms with E-state index in [4.69, 9.17) is 10.5 Å². The van der Waals surface area contributed by atoms with Crippen LogP contribution in [0.25, 0.3) is 0 Å². The lowest BCUT2D eigenvalue weighted by molar-refractivity contribution is -0.121. The van der Waals surface area contributed by atoms with Gasteiger partial charge in [-0.1, -0.05) is 18.2 Å². The van der Waals surface area contributed by atoms with Gasteiger partial charge in [0.25, 0.3) is 0 Å². The van der Waals surface area contributed by atoms with E-state index < -0.39 is 0 Å². The fourth-order valence-corrected chi connectivity index (χ4v) is 2.07. The minimum atomic E-state index is 0. The molecule has 0 spiro atoms. The molecule has 23 heavy (non-hydrogen) atoms. The van der Waals surface area contributed by atoms with Gasteiger partial charge in [0.1, 0.15) is 0 Å². The van der Waals surface area contributed by atoms with Crippen molar-refractivity contribution in [1.82, 2.24) is 5.32 Å². The van der Waals surface area contributed by atoms with Gasteiger partial charge in [-0.25, -0.2) is 0 Å². The highest BCUT2D eigenvalue weighted by Crippen LogP contribution is 2.18. The average molecular weight is 432 g/mol. The van der Waals surface area contributed by atoms with Crippen LogP contribution in [0.2, 0.25) is 0 Å². The van der Waals surface area contributed by atoms with E-state index in [2.05, 4.69) is 15.6 Å². The molecule has 1 fully saturated rings. The maximum Gasteiger partial charge on any atom is 0.220 e. The first-order valence-electron chi connectivity index (χ1n) is 7.62. The number of carbonyl (C=O) groups is 1. The van der Waals surface area contributed by atoms with E-state index in [0.29, 0.717) is 38.0 Å².